The van der Waals surface area contributed by atoms with Crippen LogP contribution in [0.5, 0.6) is 0 Å². The van der Waals surface area contributed by atoms with Crippen molar-refractivity contribution in [1.29, 1.82) is 0 Å². The number of nitrogens with two attached hydrogens (primary N) is 1. The second-order valence-corrected chi connectivity index (χ2v) is 6.44. The summed E-state index contributed by atoms with van der Waals surface area (Å²) in [5, 5.41) is 71.0. The molecule has 0 aromatic carbocycles. The molecular weight excluding hydrogens is 388 g/mol. The van der Waals surface area contributed by atoms with Gasteiger partial charge in [0.15, 0.2) is 12.5 Å². The molecule has 14 nitrogen and oxygen atoms in total. The van der Waals surface area contributed by atoms with Gasteiger partial charge in [-0.2, -0.15) is 0 Å². The van der Waals surface area contributed by atoms with E-state index >= 15 is 0 Å². The number of carbonyl (C=O) groups is 1. The first-order valence-electron chi connectivity index (χ1n) is 8.44. The van der Waals surface area contributed by atoms with Gasteiger partial charge < -0.3 is 55.3 Å². The highest BCUT2D eigenvalue weighted by molar-refractivity contribution is 5.77. The number of aliphatic hydroxyl groups excluding tert-OH is 7. The summed E-state index contributed by atoms with van der Waals surface area (Å²) in [5.74, 6) is 4.01. The molecule has 1 amide bonds. The van der Waals surface area contributed by atoms with Crippen LogP contribution in [0.4, 0.5) is 0 Å². The number of nitrogens with one attached hydrogen (secondary N) is 1. The van der Waals surface area contributed by atoms with Crippen molar-refractivity contribution in [3.63, 3.8) is 0 Å². The van der Waals surface area contributed by atoms with E-state index in [4.69, 9.17) is 20.1 Å². The first-order chi connectivity index (χ1) is 13.2. The third-order valence-electron chi connectivity index (χ3n) is 4.52. The SMILES string of the molecule is NOCC(=O)N[C@@H]1O[C@H](CO)[C@@H](O[C@@H]2O[C@H](CO)[C@H](O)[C@H](O)[C@H]2O)[C@H](O)[C@H]1O. The molecule has 0 radical (unpaired) electrons. The molecule has 2 fully saturated rings. The maximum atomic E-state index is 11.5. The number of hydrogen-bond donors (Lipinski definition) is 9. The molecule has 0 bridgehead atoms. The highest BCUT2D eigenvalue weighted by Crippen LogP contribution is 2.28. The molecule has 2 heterocycles. The Morgan fingerprint density at radius 1 is 0.893 bits per heavy atom. The van der Waals surface area contributed by atoms with Gasteiger partial charge in [0.25, 0.3) is 0 Å². The number of amides is 1. The van der Waals surface area contributed by atoms with E-state index in [2.05, 4.69) is 10.2 Å². The fourth-order valence-corrected chi connectivity index (χ4v) is 2.98. The summed E-state index contributed by atoms with van der Waals surface area (Å²) in [4.78, 5) is 15.7. The van der Waals surface area contributed by atoms with E-state index in [0.29, 0.717) is 0 Å². The Bertz CT molecular complexity index is 509. The van der Waals surface area contributed by atoms with E-state index < -0.39 is 87.1 Å². The molecule has 2 aliphatic rings. The molecule has 10 atom stereocenters. The molecule has 28 heavy (non-hydrogen) atoms. The Balaban J connectivity index is 2.09. The molecule has 0 aliphatic carbocycles. The van der Waals surface area contributed by atoms with Crippen molar-refractivity contribution in [2.75, 3.05) is 19.8 Å². The van der Waals surface area contributed by atoms with Gasteiger partial charge in [-0.15, -0.1) is 0 Å². The number of carbonyl (C=O) groups excluding carboxylic acids is 1. The molecule has 0 spiro atoms. The van der Waals surface area contributed by atoms with Gasteiger partial charge in [-0.1, -0.05) is 0 Å². The van der Waals surface area contributed by atoms with Crippen molar-refractivity contribution in [3.8, 4) is 0 Å². The largest absolute Gasteiger partial charge is 0.394 e. The van der Waals surface area contributed by atoms with Crippen molar-refractivity contribution in [2.45, 2.75) is 61.3 Å². The lowest BCUT2D eigenvalue weighted by molar-refractivity contribution is -0.343. The van der Waals surface area contributed by atoms with Gasteiger partial charge in [-0.05, 0) is 0 Å². The first-order valence-corrected chi connectivity index (χ1v) is 8.44. The van der Waals surface area contributed by atoms with E-state index in [1.807, 2.05) is 0 Å². The quantitative estimate of drug-likeness (QED) is 0.177. The maximum Gasteiger partial charge on any atom is 0.250 e. The summed E-state index contributed by atoms with van der Waals surface area (Å²) in [5.41, 5.74) is 0. The minimum absolute atomic E-state index is 0.544. The average molecular weight is 414 g/mol. The molecular formula is C14H26N2O12. The summed E-state index contributed by atoms with van der Waals surface area (Å²) in [7, 11) is 0. The summed E-state index contributed by atoms with van der Waals surface area (Å²) >= 11 is 0. The Labute approximate surface area is 158 Å². The van der Waals surface area contributed by atoms with Crippen LogP contribution in [0.15, 0.2) is 0 Å². The van der Waals surface area contributed by atoms with Crippen molar-refractivity contribution < 1.29 is 59.6 Å². The Kier molecular flexibility index (Phi) is 8.44. The van der Waals surface area contributed by atoms with E-state index in [1.54, 1.807) is 0 Å². The van der Waals surface area contributed by atoms with Gasteiger partial charge in [0.2, 0.25) is 5.91 Å². The molecule has 0 aromatic rings. The van der Waals surface area contributed by atoms with Crippen molar-refractivity contribution in [3.05, 3.63) is 0 Å². The zero-order chi connectivity index (χ0) is 21.0. The highest BCUT2D eigenvalue weighted by atomic mass is 16.7. The predicted octanol–water partition coefficient (Wildman–Crippen LogP) is -6.38. The highest BCUT2D eigenvalue weighted by Gasteiger charge is 2.50. The lowest BCUT2D eigenvalue weighted by Gasteiger charge is -2.46. The van der Waals surface area contributed by atoms with Gasteiger partial charge in [0.05, 0.1) is 13.2 Å². The van der Waals surface area contributed by atoms with Gasteiger partial charge in [-0.25, -0.2) is 5.90 Å². The predicted molar refractivity (Wildman–Crippen MR) is 84.7 cm³/mol. The van der Waals surface area contributed by atoms with Crippen molar-refractivity contribution in [2.24, 2.45) is 5.90 Å². The van der Waals surface area contributed by atoms with Crippen LogP contribution >= 0.6 is 0 Å². The summed E-state index contributed by atoms with van der Waals surface area (Å²) < 4.78 is 15.9. The van der Waals surface area contributed by atoms with Crippen LogP contribution in [-0.4, -0.2) is 123 Å². The summed E-state index contributed by atoms with van der Waals surface area (Å²) in [6.45, 7) is -1.96. The molecule has 10 N–H and O–H groups in total. The van der Waals surface area contributed by atoms with Gasteiger partial charge >= 0.3 is 0 Å². The smallest absolute Gasteiger partial charge is 0.250 e. The standard InChI is InChI=1S/C14H26N2O12/c15-25-3-6(19)16-13-10(23)9(22)12(5(2-18)26-13)28-14-11(24)8(21)7(20)4(1-17)27-14/h4-5,7-14,17-18,20-24H,1-3,15H2,(H,16,19)/t4-,5-,7+,8+,9-,10-,11-,12-,13-,14+/m1/s1. The second-order valence-electron chi connectivity index (χ2n) is 6.44. The second kappa shape index (κ2) is 10.1. The van der Waals surface area contributed by atoms with Crippen molar-refractivity contribution >= 4 is 5.91 Å². The molecule has 2 saturated heterocycles. The Morgan fingerprint density at radius 2 is 1.54 bits per heavy atom. The minimum atomic E-state index is -1.76. The van der Waals surface area contributed by atoms with Crippen LogP contribution in [-0.2, 0) is 23.8 Å². The minimum Gasteiger partial charge on any atom is -0.394 e. The van der Waals surface area contributed by atoms with Crippen LogP contribution < -0.4 is 11.2 Å². The molecule has 0 aromatic heterocycles. The topological polar surface area (TPSA) is 234 Å². The van der Waals surface area contributed by atoms with Crippen LogP contribution in [0.3, 0.4) is 0 Å². The van der Waals surface area contributed by atoms with E-state index in [1.165, 1.54) is 0 Å². The number of ether oxygens (including phenoxy) is 3. The summed E-state index contributed by atoms with van der Waals surface area (Å²) in [6.07, 6.45) is -15.6. The van der Waals surface area contributed by atoms with E-state index in [0.717, 1.165) is 0 Å². The lowest BCUT2D eigenvalue weighted by atomic mass is 9.96. The number of rotatable bonds is 7. The molecule has 14 heteroatoms. The molecule has 0 unspecified atom stereocenters. The number of aliphatic hydroxyl groups is 7. The lowest BCUT2D eigenvalue weighted by Crippen LogP contribution is -2.66. The summed E-state index contributed by atoms with van der Waals surface area (Å²) in [6, 6.07) is 0. The third-order valence-corrected chi connectivity index (χ3v) is 4.52. The molecule has 164 valence electrons. The third kappa shape index (κ3) is 4.93. The zero-order valence-electron chi connectivity index (χ0n) is 14.6. The molecule has 0 saturated carbocycles. The average Bonchev–Trinajstić information content (AvgIpc) is 2.67. The van der Waals surface area contributed by atoms with Crippen LogP contribution in [0.2, 0.25) is 0 Å². The van der Waals surface area contributed by atoms with Crippen LogP contribution in [0, 0.1) is 0 Å². The van der Waals surface area contributed by atoms with Crippen LogP contribution in [0.25, 0.3) is 0 Å². The van der Waals surface area contributed by atoms with Gasteiger partial charge in [0, 0.05) is 0 Å². The zero-order valence-corrected chi connectivity index (χ0v) is 14.6. The van der Waals surface area contributed by atoms with Gasteiger partial charge in [0.1, 0.15) is 55.4 Å². The maximum absolute atomic E-state index is 11.5. The molecule has 2 aliphatic heterocycles. The monoisotopic (exact) mass is 414 g/mol. The normalized spacial score (nSPS) is 44.3. The fraction of sp³-hybridized carbons (Fsp3) is 0.929. The molecule has 2 rings (SSSR count). The van der Waals surface area contributed by atoms with E-state index in [9.17, 15) is 40.5 Å². The van der Waals surface area contributed by atoms with Gasteiger partial charge in [-0.3, -0.25) is 9.63 Å². The van der Waals surface area contributed by atoms with Crippen molar-refractivity contribution in [1.82, 2.24) is 5.32 Å². The number of hydrogen-bond acceptors (Lipinski definition) is 13. The van der Waals surface area contributed by atoms with E-state index in [-0.39, 0.29) is 0 Å². The fourth-order valence-electron chi connectivity index (χ4n) is 2.98. The first kappa shape index (κ1) is 23.3. The Morgan fingerprint density at radius 3 is 2.11 bits per heavy atom. The Hall–Kier alpha value is -1.01. The van der Waals surface area contributed by atoms with Crippen LogP contribution in [0.1, 0.15) is 0 Å².